The fourth-order valence-corrected chi connectivity index (χ4v) is 5.51. The second kappa shape index (κ2) is 31.7. The molecule has 1 unspecified atom stereocenters. The molecule has 0 aromatic carbocycles. The third kappa shape index (κ3) is 30.8. The van der Waals surface area contributed by atoms with E-state index in [0.717, 1.165) is 57.8 Å². The minimum Gasteiger partial charge on any atom is -0.462 e. The van der Waals surface area contributed by atoms with Crippen LogP contribution in [0.4, 0.5) is 0 Å². The molecule has 0 aliphatic rings. The van der Waals surface area contributed by atoms with Crippen molar-refractivity contribution in [1.29, 1.82) is 0 Å². The molecule has 44 heavy (non-hydrogen) atoms. The molecule has 2 atom stereocenters. The summed E-state index contributed by atoms with van der Waals surface area (Å²) in [5.74, 6) is -0.838. The van der Waals surface area contributed by atoms with Crippen LogP contribution in [-0.2, 0) is 32.7 Å². The molecule has 0 aromatic heterocycles. The van der Waals surface area contributed by atoms with E-state index in [-0.39, 0.29) is 38.6 Å². The van der Waals surface area contributed by atoms with Gasteiger partial charge in [0.15, 0.2) is 6.10 Å². The highest BCUT2D eigenvalue weighted by atomic mass is 31.2. The topological polar surface area (TPSA) is 134 Å². The normalized spacial score (nSPS) is 13.6. The number of allylic oxidation sites excluding steroid dienone is 2. The number of rotatable bonds is 33. The molecule has 0 amide bonds. The Morgan fingerprint density at radius 2 is 1.11 bits per heavy atom. The molecule has 0 bridgehead atoms. The van der Waals surface area contributed by atoms with Gasteiger partial charge in [0.25, 0.3) is 0 Å². The van der Waals surface area contributed by atoms with Crippen LogP contribution in [0, 0.1) is 0 Å². The molecule has 0 saturated carbocycles. The van der Waals surface area contributed by atoms with Gasteiger partial charge in [-0.25, -0.2) is 4.57 Å². The predicted molar refractivity (Wildman–Crippen MR) is 178 cm³/mol. The van der Waals surface area contributed by atoms with E-state index in [1.165, 1.54) is 70.6 Å². The van der Waals surface area contributed by atoms with Crippen molar-refractivity contribution in [1.82, 2.24) is 0 Å². The summed E-state index contributed by atoms with van der Waals surface area (Å²) in [5, 5.41) is 0. The van der Waals surface area contributed by atoms with E-state index in [1.54, 1.807) is 0 Å². The van der Waals surface area contributed by atoms with Crippen molar-refractivity contribution in [2.24, 2.45) is 5.73 Å². The number of phosphoric ester groups is 1. The summed E-state index contributed by atoms with van der Waals surface area (Å²) in [5.41, 5.74) is 5.31. The molecule has 3 N–H and O–H groups in total. The second-order valence-corrected chi connectivity index (χ2v) is 13.2. The fraction of sp³-hybridized carbons (Fsp3) is 0.882. The van der Waals surface area contributed by atoms with Crippen molar-refractivity contribution >= 4 is 19.8 Å². The number of hydrogen-bond acceptors (Lipinski definition) is 8. The zero-order valence-electron chi connectivity index (χ0n) is 28.2. The van der Waals surface area contributed by atoms with Gasteiger partial charge in [0.05, 0.1) is 13.2 Å². The van der Waals surface area contributed by atoms with Crippen molar-refractivity contribution in [3.63, 3.8) is 0 Å². The van der Waals surface area contributed by atoms with E-state index in [9.17, 15) is 19.0 Å². The second-order valence-electron chi connectivity index (χ2n) is 11.7. The Morgan fingerprint density at radius 3 is 1.66 bits per heavy atom. The highest BCUT2D eigenvalue weighted by molar-refractivity contribution is 7.47. The Labute approximate surface area is 269 Å². The van der Waals surface area contributed by atoms with Gasteiger partial charge in [0.1, 0.15) is 6.61 Å². The Bertz CT molecular complexity index is 749. The van der Waals surface area contributed by atoms with Crippen LogP contribution in [0.5, 0.6) is 0 Å². The maximum Gasteiger partial charge on any atom is 0.472 e. The van der Waals surface area contributed by atoms with Crippen LogP contribution in [-0.4, -0.2) is 49.3 Å². The van der Waals surface area contributed by atoms with Crippen molar-refractivity contribution in [2.45, 2.75) is 168 Å². The van der Waals surface area contributed by atoms with Gasteiger partial charge in [-0.2, -0.15) is 0 Å². The molecule has 0 saturated heterocycles. The summed E-state index contributed by atoms with van der Waals surface area (Å²) in [7, 11) is -4.36. The predicted octanol–water partition coefficient (Wildman–Crippen LogP) is 9.10. The Balaban J connectivity index is 4.27. The van der Waals surface area contributed by atoms with Gasteiger partial charge in [0.2, 0.25) is 0 Å². The first kappa shape index (κ1) is 42.8. The lowest BCUT2D eigenvalue weighted by Crippen LogP contribution is -2.29. The average molecular weight is 648 g/mol. The number of nitrogens with two attached hydrogens (primary N) is 1. The lowest BCUT2D eigenvalue weighted by molar-refractivity contribution is -0.161. The van der Waals surface area contributed by atoms with Crippen molar-refractivity contribution in [2.75, 3.05) is 26.4 Å². The van der Waals surface area contributed by atoms with Gasteiger partial charge in [-0.3, -0.25) is 18.6 Å². The van der Waals surface area contributed by atoms with E-state index >= 15 is 0 Å². The molecule has 10 heteroatoms. The molecule has 260 valence electrons. The average Bonchev–Trinajstić information content (AvgIpc) is 3.00. The molecule has 0 aromatic rings. The quantitative estimate of drug-likeness (QED) is 0.0309. The van der Waals surface area contributed by atoms with E-state index in [1.807, 2.05) is 0 Å². The molecule has 0 heterocycles. The fourth-order valence-electron chi connectivity index (χ4n) is 4.74. The molecule has 0 fully saturated rings. The van der Waals surface area contributed by atoms with E-state index in [2.05, 4.69) is 26.0 Å². The highest BCUT2D eigenvalue weighted by Crippen LogP contribution is 2.43. The Hall–Kier alpha value is -1.25. The Morgan fingerprint density at radius 1 is 0.659 bits per heavy atom. The first-order valence-electron chi connectivity index (χ1n) is 17.7. The number of hydrogen-bond donors (Lipinski definition) is 2. The molecule has 0 spiro atoms. The van der Waals surface area contributed by atoms with Crippen LogP contribution in [0.25, 0.3) is 0 Å². The maximum absolute atomic E-state index is 12.5. The number of unbranched alkanes of at least 4 members (excludes halogenated alkanes) is 18. The van der Waals surface area contributed by atoms with Crippen LogP contribution in [0.15, 0.2) is 12.2 Å². The number of carbonyl (C=O) groups excluding carboxylic acids is 2. The summed E-state index contributed by atoms with van der Waals surface area (Å²) in [6.07, 6.45) is 28.1. The first-order chi connectivity index (χ1) is 21.3. The van der Waals surface area contributed by atoms with E-state index < -0.39 is 26.5 Å². The van der Waals surface area contributed by atoms with Crippen LogP contribution in [0.2, 0.25) is 0 Å². The largest absolute Gasteiger partial charge is 0.472 e. The smallest absolute Gasteiger partial charge is 0.462 e. The third-order valence-electron chi connectivity index (χ3n) is 7.40. The van der Waals surface area contributed by atoms with Crippen LogP contribution < -0.4 is 5.73 Å². The van der Waals surface area contributed by atoms with Gasteiger partial charge >= 0.3 is 19.8 Å². The highest BCUT2D eigenvalue weighted by Gasteiger charge is 2.25. The monoisotopic (exact) mass is 647 g/mol. The summed E-state index contributed by atoms with van der Waals surface area (Å²) in [6, 6.07) is 0. The summed E-state index contributed by atoms with van der Waals surface area (Å²) in [4.78, 5) is 34.5. The maximum atomic E-state index is 12.5. The minimum atomic E-state index is -4.36. The van der Waals surface area contributed by atoms with Crippen LogP contribution in [0.3, 0.4) is 0 Å². The van der Waals surface area contributed by atoms with Crippen molar-refractivity contribution < 1.29 is 37.6 Å². The number of esters is 2. The lowest BCUT2D eigenvalue weighted by Gasteiger charge is -2.19. The first-order valence-corrected chi connectivity index (χ1v) is 19.2. The zero-order chi connectivity index (χ0) is 32.6. The van der Waals surface area contributed by atoms with Crippen molar-refractivity contribution in [3.8, 4) is 0 Å². The number of ether oxygens (including phenoxy) is 2. The van der Waals surface area contributed by atoms with Gasteiger partial charge in [-0.05, 0) is 38.5 Å². The van der Waals surface area contributed by atoms with Crippen LogP contribution in [0.1, 0.15) is 162 Å². The zero-order valence-corrected chi connectivity index (χ0v) is 29.0. The number of phosphoric acid groups is 1. The molecule has 0 aliphatic carbocycles. The molecule has 0 rings (SSSR count). The van der Waals surface area contributed by atoms with Gasteiger partial charge in [-0.1, -0.05) is 122 Å². The van der Waals surface area contributed by atoms with Crippen LogP contribution >= 0.6 is 7.82 Å². The molecular weight excluding hydrogens is 581 g/mol. The Kier molecular flexibility index (Phi) is 30.8. The van der Waals surface area contributed by atoms with E-state index in [0.29, 0.717) is 6.42 Å². The van der Waals surface area contributed by atoms with Gasteiger partial charge in [-0.15, -0.1) is 0 Å². The minimum absolute atomic E-state index is 0.0543. The van der Waals surface area contributed by atoms with Gasteiger partial charge in [0, 0.05) is 19.4 Å². The third-order valence-corrected chi connectivity index (χ3v) is 8.39. The van der Waals surface area contributed by atoms with Gasteiger partial charge < -0.3 is 20.1 Å². The molecule has 9 nitrogen and oxygen atoms in total. The molecule has 0 radical (unpaired) electrons. The summed E-state index contributed by atoms with van der Waals surface area (Å²) in [6.45, 7) is 3.67. The standard InChI is InChI=1S/C34H66NO8P/c1-3-5-7-9-11-13-15-17-19-21-23-25-27-34(37)43-32(31-42-44(38,39)41-29-28-35)30-40-33(36)26-24-22-20-18-16-14-12-10-8-6-4-2/h11,13,32H,3-10,12,14-31,35H2,1-2H3,(H,38,39)/b13-11-/t32-/m1/s1. The number of carbonyl (C=O) groups is 2. The summed E-state index contributed by atoms with van der Waals surface area (Å²) < 4.78 is 32.5. The van der Waals surface area contributed by atoms with E-state index in [4.69, 9.17) is 24.3 Å². The lowest BCUT2D eigenvalue weighted by atomic mass is 10.1. The SMILES string of the molecule is CCCCC/C=C\CCCCCCCC(=O)O[C@H](COC(=O)CCCCCCCCCCCCC)COP(=O)(O)OCCN. The molecule has 0 aliphatic heterocycles. The van der Waals surface area contributed by atoms with Crippen molar-refractivity contribution in [3.05, 3.63) is 12.2 Å². The summed E-state index contributed by atoms with van der Waals surface area (Å²) >= 11 is 0. The molecular formula is C34H66NO8P.